The third-order valence-electron chi connectivity index (χ3n) is 14.6. The molecular formula is C63H56F6N9O10S4+. The summed E-state index contributed by atoms with van der Waals surface area (Å²) in [6, 6.07) is 35.8. The summed E-state index contributed by atoms with van der Waals surface area (Å²) >= 11 is 0. The van der Waals surface area contributed by atoms with E-state index in [1.54, 1.807) is 0 Å². The molecule has 0 radical (unpaired) electrons. The number of carbonyl (C=O) groups excluding carboxylic acids is 2. The highest BCUT2D eigenvalue weighted by Crippen LogP contribution is 2.33. The van der Waals surface area contributed by atoms with Gasteiger partial charge < -0.3 is 15.1 Å². The van der Waals surface area contributed by atoms with Crippen LogP contribution in [0.5, 0.6) is 0 Å². The molecule has 6 aromatic carbocycles. The molecule has 8 aromatic rings. The summed E-state index contributed by atoms with van der Waals surface area (Å²) in [6.07, 6.45) is -9.24. The van der Waals surface area contributed by atoms with Gasteiger partial charge in [0.05, 0.1) is 109 Å². The molecule has 19 nitrogen and oxygen atoms in total. The number of benzene rings is 6. The molecular weight excluding hydrogens is 1290 g/mol. The molecule has 0 aliphatic heterocycles. The van der Waals surface area contributed by atoms with E-state index < -0.39 is 99.2 Å². The van der Waals surface area contributed by atoms with Gasteiger partial charge in [0, 0.05) is 58.6 Å². The van der Waals surface area contributed by atoms with E-state index in [0.717, 1.165) is 57.7 Å². The van der Waals surface area contributed by atoms with Crippen LogP contribution in [0.2, 0.25) is 0 Å². The molecule has 2 heterocycles. The number of nitrogens with one attached hydrogen (secondary N) is 4. The van der Waals surface area contributed by atoms with Crippen LogP contribution in [-0.4, -0.2) is 91.0 Å². The smallest absolute Gasteiger partial charge is 0.348 e. The fraction of sp³-hybridized carbons (Fsp3) is 0.206. The maximum atomic E-state index is 14.0. The van der Waals surface area contributed by atoms with Crippen LogP contribution >= 0.6 is 0 Å². The van der Waals surface area contributed by atoms with Crippen molar-refractivity contribution in [2.75, 3.05) is 40.3 Å². The zero-order valence-electron chi connectivity index (χ0n) is 49.2. The number of halogens is 6. The molecule has 0 spiro atoms. The Bertz CT molecular complexity index is 4650. The van der Waals surface area contributed by atoms with Crippen molar-refractivity contribution in [3.63, 3.8) is 0 Å². The third-order valence-corrected chi connectivity index (χ3v) is 20.5. The minimum atomic E-state index is -4.78. The average Bonchev–Trinajstić information content (AvgIpc) is 0.777. The first kappa shape index (κ1) is 68.7. The second-order valence-corrected chi connectivity index (χ2v) is 27.8. The van der Waals surface area contributed by atoms with E-state index in [9.17, 15) is 81.3 Å². The fourth-order valence-corrected chi connectivity index (χ4v) is 14.0. The van der Waals surface area contributed by atoms with E-state index in [1.807, 2.05) is 26.2 Å². The van der Waals surface area contributed by atoms with Crippen molar-refractivity contribution in [2.24, 2.45) is 0 Å². The predicted octanol–water partition coefficient (Wildman–Crippen LogP) is 8.30. The van der Waals surface area contributed by atoms with Gasteiger partial charge in [0.1, 0.15) is 11.1 Å². The quantitative estimate of drug-likeness (QED) is 0.0267. The lowest BCUT2D eigenvalue weighted by atomic mass is 10.1. The van der Waals surface area contributed by atoms with Gasteiger partial charge in [-0.2, -0.15) is 36.9 Å². The molecule has 29 heteroatoms. The van der Waals surface area contributed by atoms with Crippen molar-refractivity contribution in [3.05, 3.63) is 234 Å². The molecule has 4 N–H and O–H groups in total. The molecule has 2 aromatic heterocycles. The fourth-order valence-electron chi connectivity index (χ4n) is 9.49. The Kier molecular flexibility index (Phi) is 21.0. The number of nitriles is 2. The predicted molar refractivity (Wildman–Crippen MR) is 327 cm³/mol. The molecule has 0 aliphatic carbocycles. The van der Waals surface area contributed by atoms with Crippen LogP contribution < -0.4 is 31.2 Å². The molecule has 2 amide bonds. The zero-order valence-corrected chi connectivity index (χ0v) is 52.4. The minimum Gasteiger partial charge on any atom is -0.348 e. The van der Waals surface area contributed by atoms with Crippen molar-refractivity contribution in [2.45, 2.75) is 75.1 Å². The molecule has 478 valence electrons. The number of hydrogen-bond acceptors (Lipinski definition) is 12. The van der Waals surface area contributed by atoms with Crippen molar-refractivity contribution in [1.29, 1.82) is 10.5 Å². The van der Waals surface area contributed by atoms with E-state index >= 15 is 0 Å². The van der Waals surface area contributed by atoms with E-state index in [4.69, 9.17) is 0 Å². The summed E-state index contributed by atoms with van der Waals surface area (Å²) in [6.45, 7) is 2.92. The van der Waals surface area contributed by atoms with Gasteiger partial charge >= 0.3 is 12.4 Å². The number of likely N-dealkylation sites (N-methyl/N-ethyl adjacent to an activating group) is 1. The van der Waals surface area contributed by atoms with Crippen LogP contribution in [0.1, 0.15) is 71.9 Å². The van der Waals surface area contributed by atoms with Gasteiger partial charge in [-0.05, 0) is 146 Å². The van der Waals surface area contributed by atoms with E-state index in [-0.39, 0.29) is 100 Å². The molecule has 0 saturated heterocycles. The molecule has 92 heavy (non-hydrogen) atoms. The number of pyridine rings is 2. The Hall–Kier alpha value is -9.20. The summed E-state index contributed by atoms with van der Waals surface area (Å²) in [5.41, 5.74) is -4.49. The topological polar surface area (TPSA) is 276 Å². The van der Waals surface area contributed by atoms with Gasteiger partial charge in [0.25, 0.3) is 22.9 Å². The highest BCUT2D eigenvalue weighted by molar-refractivity contribution is 7.89. The van der Waals surface area contributed by atoms with E-state index in [0.29, 0.717) is 24.1 Å². The standard InChI is InChI=1S/C63H55F6N9O10S4/c1-40-56(89(83)50-20-12-42(36-70)13-21-50)34-54(60(81)76(40)48-10-5-8-46(32-48)62(64,65)66)58(79)72-38-44-16-24-52(25-17-44)91(85,86)74-28-7-30-78(3,4)31-29-75-92(87,88)53-26-18-45(19-27-53)39-73-59(80)55-35-57(90(84)51-22-14-43(37-71)15-23-51)41(2)77(61(55)82)49-11-6-9-47(33-49)63(67,68)69/h5-6,8-27,32-35,74-75H,7,28-31,38-39H2,1-4H3,(H-,72,73,79,80)/p+1. The number of rotatable bonds is 23. The van der Waals surface area contributed by atoms with E-state index in [2.05, 4.69) is 20.1 Å². The molecule has 0 fully saturated rings. The van der Waals surface area contributed by atoms with Gasteiger partial charge in [-0.3, -0.25) is 28.3 Å². The number of nitrogens with zero attached hydrogens (tertiary/aromatic N) is 5. The summed E-state index contributed by atoms with van der Waals surface area (Å²) in [4.78, 5) is 55.4. The highest BCUT2D eigenvalue weighted by Gasteiger charge is 2.33. The van der Waals surface area contributed by atoms with Gasteiger partial charge in [0.2, 0.25) is 20.0 Å². The van der Waals surface area contributed by atoms with Gasteiger partial charge in [-0.25, -0.2) is 34.7 Å². The molecule has 8 rings (SSSR count). The molecule has 0 bridgehead atoms. The van der Waals surface area contributed by atoms with Gasteiger partial charge in [0.15, 0.2) is 0 Å². The number of amides is 2. The maximum Gasteiger partial charge on any atom is 0.416 e. The van der Waals surface area contributed by atoms with Crippen LogP contribution in [0.4, 0.5) is 26.3 Å². The Labute approximate surface area is 529 Å². The number of quaternary nitrogens is 1. The Balaban J connectivity index is 0.837. The van der Waals surface area contributed by atoms with Crippen LogP contribution in [0, 0.1) is 36.5 Å². The monoisotopic (exact) mass is 1340 g/mol. The van der Waals surface area contributed by atoms with E-state index in [1.165, 1.54) is 123 Å². The maximum absolute atomic E-state index is 14.0. The van der Waals surface area contributed by atoms with Crippen LogP contribution in [-0.2, 0) is 67.1 Å². The molecule has 2 atom stereocenters. The summed E-state index contributed by atoms with van der Waals surface area (Å²) in [5.74, 6) is -1.95. The lowest BCUT2D eigenvalue weighted by Crippen LogP contribution is -2.46. The number of carbonyl (C=O) groups is 2. The number of alkyl halides is 6. The Morgan fingerprint density at radius 1 is 0.533 bits per heavy atom. The number of sulfonamides is 2. The van der Waals surface area contributed by atoms with Crippen LogP contribution in [0.25, 0.3) is 11.4 Å². The highest BCUT2D eigenvalue weighted by atomic mass is 32.2. The summed E-state index contributed by atoms with van der Waals surface area (Å²) in [7, 11) is -8.69. The van der Waals surface area contributed by atoms with Gasteiger partial charge in [-0.1, -0.05) is 36.4 Å². The van der Waals surface area contributed by atoms with Crippen molar-refractivity contribution in [3.8, 4) is 23.5 Å². The molecule has 0 aliphatic rings. The summed E-state index contributed by atoms with van der Waals surface area (Å²) < 4.78 is 171. The summed E-state index contributed by atoms with van der Waals surface area (Å²) in [5, 5.41) is 23.6. The van der Waals surface area contributed by atoms with Crippen molar-refractivity contribution < 1.29 is 65.7 Å². The number of hydrogen-bond donors (Lipinski definition) is 4. The minimum absolute atomic E-state index is 0.00237. The second kappa shape index (κ2) is 28.1. The SMILES string of the molecule is Cc1c(S(=O)c2ccc(C#N)cc2)cc(C(=O)NCc2ccc(S(=O)(=O)NCCC[N+](C)(C)CCNS(=O)(=O)c3ccc(CNC(=O)c4cc(S(=O)c5ccc(C#N)cc5)c(C)n(-c5cccc(C(F)(F)F)c5)c4=O)cc3)cc2)c(=O)n1-c1cccc(C(F)(F)F)c1. The Morgan fingerprint density at radius 2 is 0.902 bits per heavy atom. The largest absolute Gasteiger partial charge is 0.416 e. The Morgan fingerprint density at radius 3 is 1.26 bits per heavy atom. The molecule has 0 saturated carbocycles. The van der Waals surface area contributed by atoms with Crippen molar-refractivity contribution in [1.82, 2.24) is 29.2 Å². The first-order valence-electron chi connectivity index (χ1n) is 27.6. The number of aromatic nitrogens is 2. The third kappa shape index (κ3) is 16.3. The van der Waals surface area contributed by atoms with Gasteiger partial charge in [-0.15, -0.1) is 0 Å². The normalized spacial score (nSPS) is 12.7. The van der Waals surface area contributed by atoms with Crippen molar-refractivity contribution >= 4 is 53.5 Å². The second-order valence-electron chi connectivity index (χ2n) is 21.4. The lowest BCUT2D eigenvalue weighted by Gasteiger charge is -2.30. The zero-order chi connectivity index (χ0) is 67.1. The van der Waals surface area contributed by atoms with Crippen LogP contribution in [0.3, 0.4) is 0 Å². The molecule has 2 unspecified atom stereocenters. The first-order chi connectivity index (χ1) is 43.3. The van der Waals surface area contributed by atoms with Crippen LogP contribution in [0.15, 0.2) is 197 Å². The lowest BCUT2D eigenvalue weighted by molar-refractivity contribution is -0.889. The first-order valence-corrected chi connectivity index (χ1v) is 32.9. The average molecular weight is 1340 g/mol.